The van der Waals surface area contributed by atoms with E-state index in [2.05, 4.69) is 20.9 Å². The summed E-state index contributed by atoms with van der Waals surface area (Å²) < 4.78 is 13.4. The van der Waals surface area contributed by atoms with E-state index in [0.717, 1.165) is 11.8 Å². The summed E-state index contributed by atoms with van der Waals surface area (Å²) in [6.07, 6.45) is -0.452. The molecular formula is C23H22N6O5S. The molecule has 2 unspecified atom stereocenters. The van der Waals surface area contributed by atoms with E-state index in [1.165, 1.54) is 0 Å². The van der Waals surface area contributed by atoms with E-state index < -0.39 is 29.5 Å². The first kappa shape index (κ1) is 22.7. The molecule has 2 atom stereocenters. The van der Waals surface area contributed by atoms with E-state index in [1.54, 1.807) is 42.8 Å². The Bertz CT molecular complexity index is 1300. The second-order valence-corrected chi connectivity index (χ2v) is 9.09. The summed E-state index contributed by atoms with van der Waals surface area (Å²) >= 11 is 1.12. The van der Waals surface area contributed by atoms with Gasteiger partial charge in [-0.15, -0.1) is 10.2 Å². The predicted octanol–water partition coefficient (Wildman–Crippen LogP) is 1.92. The quantitative estimate of drug-likeness (QED) is 0.393. The Labute approximate surface area is 204 Å². The highest BCUT2D eigenvalue weighted by atomic mass is 32.2. The van der Waals surface area contributed by atoms with Crippen LogP contribution in [0.15, 0.2) is 59.8 Å². The summed E-state index contributed by atoms with van der Waals surface area (Å²) in [7, 11) is 1.77. The minimum Gasteiger partial charge on any atom is -0.485 e. The highest BCUT2D eigenvalue weighted by Crippen LogP contribution is 2.36. The number of benzene rings is 2. The summed E-state index contributed by atoms with van der Waals surface area (Å²) in [4.78, 5) is 37.9. The van der Waals surface area contributed by atoms with Gasteiger partial charge in [0.05, 0.1) is 5.75 Å². The van der Waals surface area contributed by atoms with Gasteiger partial charge in [-0.25, -0.2) is 4.79 Å². The van der Waals surface area contributed by atoms with Gasteiger partial charge in [-0.3, -0.25) is 15.0 Å². The molecule has 1 aromatic heterocycles. The average molecular weight is 495 g/mol. The maximum Gasteiger partial charge on any atom is 0.344 e. The lowest BCUT2D eigenvalue weighted by molar-refractivity contribution is -0.138. The fourth-order valence-electron chi connectivity index (χ4n) is 3.87. The number of hydrogen-bond acceptors (Lipinski definition) is 8. The maximum absolute atomic E-state index is 12.9. The van der Waals surface area contributed by atoms with E-state index in [9.17, 15) is 14.4 Å². The number of urea groups is 1. The van der Waals surface area contributed by atoms with Crippen LogP contribution < -0.4 is 20.2 Å². The molecule has 2 N–H and O–H groups in total. The van der Waals surface area contributed by atoms with Crippen molar-refractivity contribution in [2.75, 3.05) is 12.4 Å². The second kappa shape index (κ2) is 8.95. The number of thioether (sulfide) groups is 1. The fourth-order valence-corrected chi connectivity index (χ4v) is 4.58. The molecule has 11 nitrogen and oxygen atoms in total. The molecule has 3 heterocycles. The summed E-state index contributed by atoms with van der Waals surface area (Å²) in [6.45, 7) is 1.88. The lowest BCUT2D eigenvalue weighted by atomic mass is 9.92. The zero-order valence-corrected chi connectivity index (χ0v) is 19.7. The van der Waals surface area contributed by atoms with Gasteiger partial charge in [0.2, 0.25) is 5.91 Å². The molecular weight excluding hydrogens is 472 g/mol. The number of aromatic nitrogens is 3. The third-order valence-corrected chi connectivity index (χ3v) is 6.80. The highest BCUT2D eigenvalue weighted by molar-refractivity contribution is 7.99. The van der Waals surface area contributed by atoms with Gasteiger partial charge >= 0.3 is 6.03 Å². The molecule has 0 spiro atoms. The van der Waals surface area contributed by atoms with E-state index in [-0.39, 0.29) is 12.4 Å². The van der Waals surface area contributed by atoms with Crippen LogP contribution in [0.1, 0.15) is 24.4 Å². The van der Waals surface area contributed by atoms with E-state index in [1.807, 2.05) is 30.3 Å². The van der Waals surface area contributed by atoms with Gasteiger partial charge in [0.15, 0.2) is 28.6 Å². The maximum atomic E-state index is 12.9. The third-order valence-electron chi connectivity index (χ3n) is 5.78. The molecule has 4 amide bonds. The Morgan fingerprint density at radius 3 is 2.63 bits per heavy atom. The van der Waals surface area contributed by atoms with Gasteiger partial charge < -0.3 is 19.4 Å². The Morgan fingerprint density at radius 1 is 1.14 bits per heavy atom. The van der Waals surface area contributed by atoms with Crippen molar-refractivity contribution in [2.24, 2.45) is 7.05 Å². The number of nitrogens with zero attached hydrogens (tertiary/aromatic N) is 4. The van der Waals surface area contributed by atoms with Crippen molar-refractivity contribution < 1.29 is 23.9 Å². The molecule has 2 aliphatic rings. The number of hydrogen-bond donors (Lipinski definition) is 2. The van der Waals surface area contributed by atoms with Crippen molar-refractivity contribution in [3.05, 3.63) is 66.0 Å². The number of hydrazine groups is 1. The first-order valence-electron chi connectivity index (χ1n) is 10.8. The number of carbonyl (C=O) groups excluding carboxylic acids is 3. The Kier molecular flexibility index (Phi) is 5.81. The molecule has 0 radical (unpaired) electrons. The smallest absolute Gasteiger partial charge is 0.344 e. The highest BCUT2D eigenvalue weighted by Gasteiger charge is 2.50. The van der Waals surface area contributed by atoms with Crippen molar-refractivity contribution in [1.82, 2.24) is 30.5 Å². The lowest BCUT2D eigenvalue weighted by Crippen LogP contribution is -2.48. The van der Waals surface area contributed by atoms with Gasteiger partial charge in [0.25, 0.3) is 5.91 Å². The normalized spacial score (nSPS) is 21.1. The largest absolute Gasteiger partial charge is 0.485 e. The molecule has 2 aromatic carbocycles. The Morgan fingerprint density at radius 2 is 1.86 bits per heavy atom. The second-order valence-electron chi connectivity index (χ2n) is 8.15. The number of fused-ring (bicyclic) bond motifs is 1. The standard InChI is InChI=1S/C23H22N6O5S/c1-23(14-8-4-3-5-9-14)20(31)29(21(32)24-23)27-18(30)13-35-22-26-25-19(28(22)2)17-12-33-15-10-6-7-11-16(15)34-17/h3-11,17H,12-13H2,1-2H3,(H,24,32)(H,27,30). The molecule has 0 bridgehead atoms. The first-order valence-corrected chi connectivity index (χ1v) is 11.8. The van der Waals surface area contributed by atoms with Crippen LogP contribution in [0.2, 0.25) is 0 Å². The zero-order valence-electron chi connectivity index (χ0n) is 18.9. The van der Waals surface area contributed by atoms with Gasteiger partial charge in [-0.1, -0.05) is 54.2 Å². The number of rotatable bonds is 6. The average Bonchev–Trinajstić information content (AvgIpc) is 3.35. The number of para-hydroxylation sites is 2. The molecule has 12 heteroatoms. The number of ether oxygens (including phenoxy) is 2. The Balaban J connectivity index is 1.20. The molecule has 2 aliphatic heterocycles. The van der Waals surface area contributed by atoms with E-state index >= 15 is 0 Å². The molecule has 1 saturated heterocycles. The van der Waals surface area contributed by atoms with Crippen LogP contribution in [0.4, 0.5) is 4.79 Å². The minimum absolute atomic E-state index is 0.0874. The minimum atomic E-state index is -1.27. The SMILES string of the molecule is Cn1c(SCC(=O)NN2C(=O)NC(C)(c3ccccc3)C2=O)nnc1C1COc2ccccc2O1. The van der Waals surface area contributed by atoms with Gasteiger partial charge in [0, 0.05) is 7.05 Å². The number of nitrogens with one attached hydrogen (secondary N) is 2. The van der Waals surface area contributed by atoms with Crippen molar-refractivity contribution in [1.29, 1.82) is 0 Å². The zero-order chi connectivity index (χ0) is 24.6. The van der Waals surface area contributed by atoms with Crippen molar-refractivity contribution in [3.8, 4) is 11.5 Å². The molecule has 5 rings (SSSR count). The van der Waals surface area contributed by atoms with Gasteiger partial charge in [0.1, 0.15) is 12.1 Å². The van der Waals surface area contributed by atoms with Gasteiger partial charge in [-0.2, -0.15) is 5.01 Å². The molecule has 180 valence electrons. The molecule has 1 fully saturated rings. The number of amides is 4. The summed E-state index contributed by atoms with van der Waals surface area (Å²) in [6, 6.07) is 15.5. The van der Waals surface area contributed by atoms with Crippen LogP contribution in [0.25, 0.3) is 0 Å². The number of imide groups is 1. The van der Waals surface area contributed by atoms with E-state index in [4.69, 9.17) is 9.47 Å². The number of carbonyl (C=O) groups is 3. The Hall–Kier alpha value is -4.06. The topological polar surface area (TPSA) is 128 Å². The fraction of sp³-hybridized carbons (Fsp3) is 0.261. The lowest BCUT2D eigenvalue weighted by Gasteiger charge is -2.25. The van der Waals surface area contributed by atoms with Crippen LogP contribution in [-0.4, -0.2) is 50.0 Å². The summed E-state index contributed by atoms with van der Waals surface area (Å²) in [5.74, 6) is 0.650. The summed E-state index contributed by atoms with van der Waals surface area (Å²) in [5.41, 5.74) is 1.74. The van der Waals surface area contributed by atoms with Crippen molar-refractivity contribution in [2.45, 2.75) is 23.7 Å². The third kappa shape index (κ3) is 4.16. The molecule has 35 heavy (non-hydrogen) atoms. The van der Waals surface area contributed by atoms with Crippen LogP contribution in [0.5, 0.6) is 11.5 Å². The molecule has 0 aliphatic carbocycles. The van der Waals surface area contributed by atoms with Crippen LogP contribution in [0.3, 0.4) is 0 Å². The van der Waals surface area contributed by atoms with E-state index in [0.29, 0.717) is 33.1 Å². The van der Waals surface area contributed by atoms with Gasteiger partial charge in [-0.05, 0) is 24.6 Å². The summed E-state index contributed by atoms with van der Waals surface area (Å²) in [5, 5.41) is 12.2. The monoisotopic (exact) mass is 494 g/mol. The molecule has 3 aromatic rings. The van der Waals surface area contributed by atoms with Crippen molar-refractivity contribution in [3.63, 3.8) is 0 Å². The van der Waals surface area contributed by atoms with Crippen LogP contribution in [0, 0.1) is 0 Å². The van der Waals surface area contributed by atoms with Crippen LogP contribution >= 0.6 is 11.8 Å². The van der Waals surface area contributed by atoms with Crippen LogP contribution in [-0.2, 0) is 22.2 Å². The van der Waals surface area contributed by atoms with Crippen molar-refractivity contribution >= 4 is 29.6 Å². The molecule has 0 saturated carbocycles. The first-order chi connectivity index (χ1) is 16.9. The predicted molar refractivity (Wildman–Crippen MR) is 124 cm³/mol.